The van der Waals surface area contributed by atoms with Gasteiger partial charge in [0, 0.05) is 5.56 Å². The molecule has 5 heteroatoms. The zero-order valence-corrected chi connectivity index (χ0v) is 8.95. The van der Waals surface area contributed by atoms with Crippen molar-refractivity contribution >= 4 is 11.9 Å². The van der Waals surface area contributed by atoms with Crippen molar-refractivity contribution in [3.63, 3.8) is 0 Å². The lowest BCUT2D eigenvalue weighted by molar-refractivity contribution is -0.138. The van der Waals surface area contributed by atoms with Gasteiger partial charge in [-0.2, -0.15) is 0 Å². The minimum atomic E-state index is -1.14. The molecule has 0 aliphatic heterocycles. The van der Waals surface area contributed by atoms with Crippen LogP contribution in [0.1, 0.15) is 22.8 Å². The van der Waals surface area contributed by atoms with Gasteiger partial charge < -0.3 is 10.4 Å². The summed E-state index contributed by atoms with van der Waals surface area (Å²) in [6.45, 7) is 2.92. The molecule has 1 amide bonds. The molecule has 0 bridgehead atoms. The lowest BCUT2D eigenvalue weighted by Gasteiger charge is -2.09. The second-order valence-electron chi connectivity index (χ2n) is 3.50. The molecule has 16 heavy (non-hydrogen) atoms. The molecule has 0 fully saturated rings. The lowest BCUT2D eigenvalue weighted by Crippen LogP contribution is -2.38. The van der Waals surface area contributed by atoms with Crippen LogP contribution in [0.25, 0.3) is 0 Å². The number of nitrogens with one attached hydrogen (secondary N) is 1. The topological polar surface area (TPSA) is 66.4 Å². The van der Waals surface area contributed by atoms with Crippen molar-refractivity contribution in [3.05, 3.63) is 35.1 Å². The second-order valence-corrected chi connectivity index (χ2v) is 3.50. The molecular weight excluding hydrogens is 213 g/mol. The van der Waals surface area contributed by atoms with E-state index < -0.39 is 23.7 Å². The molecule has 0 unspecified atom stereocenters. The van der Waals surface area contributed by atoms with Gasteiger partial charge >= 0.3 is 5.97 Å². The number of benzene rings is 1. The molecule has 2 N–H and O–H groups in total. The smallest absolute Gasteiger partial charge is 0.325 e. The zero-order chi connectivity index (χ0) is 12.3. The maximum Gasteiger partial charge on any atom is 0.325 e. The van der Waals surface area contributed by atoms with Gasteiger partial charge in [-0.15, -0.1) is 0 Å². The minimum Gasteiger partial charge on any atom is -0.480 e. The molecular formula is C11H12FNO3. The number of carbonyl (C=O) groups excluding carboxylic acids is 1. The number of hydrogen-bond donors (Lipinski definition) is 2. The maximum absolute atomic E-state index is 13.1. The van der Waals surface area contributed by atoms with Gasteiger partial charge in [-0.1, -0.05) is 6.07 Å². The SMILES string of the molecule is Cc1ccc(C(=O)N[C@H](C)C(=O)O)cc1F. The third kappa shape index (κ3) is 2.79. The van der Waals surface area contributed by atoms with Crippen molar-refractivity contribution < 1.29 is 19.1 Å². The van der Waals surface area contributed by atoms with Gasteiger partial charge in [-0.05, 0) is 31.5 Å². The standard InChI is InChI=1S/C11H12FNO3/c1-6-3-4-8(5-9(6)12)10(14)13-7(2)11(15)16/h3-5,7H,1-2H3,(H,13,14)(H,15,16)/t7-/m1/s1. The highest BCUT2D eigenvalue weighted by Crippen LogP contribution is 2.09. The normalized spacial score (nSPS) is 11.9. The van der Waals surface area contributed by atoms with Crippen molar-refractivity contribution in [3.8, 4) is 0 Å². The number of amides is 1. The lowest BCUT2D eigenvalue weighted by atomic mass is 10.1. The van der Waals surface area contributed by atoms with Gasteiger partial charge in [0.1, 0.15) is 11.9 Å². The molecule has 4 nitrogen and oxygen atoms in total. The highest BCUT2D eigenvalue weighted by Gasteiger charge is 2.15. The van der Waals surface area contributed by atoms with Crippen LogP contribution in [0, 0.1) is 12.7 Å². The van der Waals surface area contributed by atoms with Crippen LogP contribution in [0.5, 0.6) is 0 Å². The molecule has 0 saturated carbocycles. The first-order chi connectivity index (χ1) is 7.41. The van der Waals surface area contributed by atoms with Gasteiger partial charge in [-0.25, -0.2) is 4.39 Å². The van der Waals surface area contributed by atoms with E-state index in [2.05, 4.69) is 5.32 Å². The minimum absolute atomic E-state index is 0.108. The average molecular weight is 225 g/mol. The fourth-order valence-corrected chi connectivity index (χ4v) is 1.08. The van der Waals surface area contributed by atoms with Crippen LogP contribution in [0.3, 0.4) is 0 Å². The van der Waals surface area contributed by atoms with Crippen LogP contribution in [0.15, 0.2) is 18.2 Å². The van der Waals surface area contributed by atoms with Crippen LogP contribution in [0.4, 0.5) is 4.39 Å². The summed E-state index contributed by atoms with van der Waals surface area (Å²) < 4.78 is 13.1. The van der Waals surface area contributed by atoms with Crippen molar-refractivity contribution in [2.75, 3.05) is 0 Å². The van der Waals surface area contributed by atoms with E-state index >= 15 is 0 Å². The Kier molecular flexibility index (Phi) is 3.60. The van der Waals surface area contributed by atoms with Gasteiger partial charge in [0.2, 0.25) is 0 Å². The van der Waals surface area contributed by atoms with Crippen LogP contribution in [0.2, 0.25) is 0 Å². The summed E-state index contributed by atoms with van der Waals surface area (Å²) in [5.74, 6) is -2.23. The number of hydrogen-bond acceptors (Lipinski definition) is 2. The molecule has 0 heterocycles. The van der Waals surface area contributed by atoms with Crippen molar-refractivity contribution in [2.45, 2.75) is 19.9 Å². The monoisotopic (exact) mass is 225 g/mol. The van der Waals surface area contributed by atoms with E-state index in [0.29, 0.717) is 5.56 Å². The van der Waals surface area contributed by atoms with Gasteiger partial charge in [0.15, 0.2) is 0 Å². The molecule has 0 radical (unpaired) electrons. The van der Waals surface area contributed by atoms with E-state index in [1.54, 1.807) is 6.92 Å². The van der Waals surface area contributed by atoms with Gasteiger partial charge in [-0.3, -0.25) is 9.59 Å². The van der Waals surface area contributed by atoms with E-state index in [1.807, 2.05) is 0 Å². The average Bonchev–Trinajstić information content (AvgIpc) is 2.21. The second kappa shape index (κ2) is 4.74. The predicted octanol–water partition coefficient (Wildman–Crippen LogP) is 1.34. The summed E-state index contributed by atoms with van der Waals surface area (Å²) in [7, 11) is 0. The summed E-state index contributed by atoms with van der Waals surface area (Å²) >= 11 is 0. The molecule has 0 aliphatic carbocycles. The van der Waals surface area contributed by atoms with Crippen molar-refractivity contribution in [2.24, 2.45) is 0 Å². The molecule has 86 valence electrons. The Labute approximate surface area is 92.1 Å². The van der Waals surface area contributed by atoms with E-state index in [9.17, 15) is 14.0 Å². The van der Waals surface area contributed by atoms with Gasteiger partial charge in [0.25, 0.3) is 5.91 Å². The number of aliphatic carboxylic acids is 1. The van der Waals surface area contributed by atoms with Crippen LogP contribution in [-0.2, 0) is 4.79 Å². The Bertz CT molecular complexity index is 431. The Hall–Kier alpha value is -1.91. The number of carbonyl (C=O) groups is 2. The van der Waals surface area contributed by atoms with E-state index in [0.717, 1.165) is 6.07 Å². The molecule has 1 rings (SSSR count). The van der Waals surface area contributed by atoms with Crippen molar-refractivity contribution in [1.82, 2.24) is 5.32 Å². The largest absolute Gasteiger partial charge is 0.480 e. The third-order valence-corrected chi connectivity index (χ3v) is 2.15. The fourth-order valence-electron chi connectivity index (χ4n) is 1.08. The quantitative estimate of drug-likeness (QED) is 0.815. The molecule has 0 aromatic heterocycles. The molecule has 1 atom stereocenters. The fraction of sp³-hybridized carbons (Fsp3) is 0.273. The van der Waals surface area contributed by atoms with Crippen LogP contribution < -0.4 is 5.32 Å². The number of halogens is 1. The number of aryl methyl sites for hydroxylation is 1. The first-order valence-corrected chi connectivity index (χ1v) is 4.71. The van der Waals surface area contributed by atoms with E-state index in [1.165, 1.54) is 19.1 Å². The summed E-state index contributed by atoms with van der Waals surface area (Å²) in [6, 6.07) is 2.99. The summed E-state index contributed by atoms with van der Waals surface area (Å²) in [5, 5.41) is 10.8. The Morgan fingerprint density at radius 1 is 1.44 bits per heavy atom. The van der Waals surface area contributed by atoms with Gasteiger partial charge in [0.05, 0.1) is 0 Å². The van der Waals surface area contributed by atoms with Crippen LogP contribution in [-0.4, -0.2) is 23.0 Å². The molecule has 1 aromatic rings. The number of carboxylic acids is 1. The molecule has 0 aliphatic rings. The Morgan fingerprint density at radius 2 is 2.06 bits per heavy atom. The number of carboxylic acid groups (broad SMARTS) is 1. The first kappa shape index (κ1) is 12.2. The van der Waals surface area contributed by atoms with Crippen molar-refractivity contribution in [1.29, 1.82) is 0 Å². The molecule has 1 aromatic carbocycles. The summed E-state index contributed by atoms with van der Waals surface area (Å²) in [4.78, 5) is 22.0. The Balaban J connectivity index is 2.81. The predicted molar refractivity (Wildman–Crippen MR) is 55.7 cm³/mol. The van der Waals surface area contributed by atoms with E-state index in [-0.39, 0.29) is 5.56 Å². The Morgan fingerprint density at radius 3 is 2.56 bits per heavy atom. The summed E-state index contributed by atoms with van der Waals surface area (Å²) in [5.41, 5.74) is 0.541. The molecule has 0 spiro atoms. The molecule has 0 saturated heterocycles. The number of rotatable bonds is 3. The maximum atomic E-state index is 13.1. The first-order valence-electron chi connectivity index (χ1n) is 4.71. The zero-order valence-electron chi connectivity index (χ0n) is 8.95. The third-order valence-electron chi connectivity index (χ3n) is 2.15. The highest BCUT2D eigenvalue weighted by atomic mass is 19.1. The van der Waals surface area contributed by atoms with E-state index in [4.69, 9.17) is 5.11 Å². The summed E-state index contributed by atoms with van der Waals surface area (Å²) in [6.07, 6.45) is 0. The highest BCUT2D eigenvalue weighted by molar-refractivity contribution is 5.96. The van der Waals surface area contributed by atoms with Crippen LogP contribution >= 0.6 is 0 Å².